The zero-order chi connectivity index (χ0) is 17.1. The van der Waals surface area contributed by atoms with E-state index in [2.05, 4.69) is 47.2 Å². The molecule has 0 aliphatic carbocycles. The number of fused-ring (bicyclic) bond motifs is 1. The standard InChI is InChI=1S/C20H24N2O2/c1-13(2)24-19-9-8-14(10-20(19)23-3)16(11-21)17-12-22-18-7-5-4-6-15(17)18/h4-10,12-13,16,22H,11,21H2,1-3H3/p+1/t16-/m1/s1. The van der Waals surface area contributed by atoms with Crippen molar-refractivity contribution in [2.24, 2.45) is 0 Å². The molecule has 126 valence electrons. The fourth-order valence-corrected chi connectivity index (χ4v) is 3.14. The number of aromatic nitrogens is 1. The molecule has 1 atom stereocenters. The first kappa shape index (κ1) is 16.4. The van der Waals surface area contributed by atoms with Crippen LogP contribution >= 0.6 is 0 Å². The van der Waals surface area contributed by atoms with Gasteiger partial charge in [-0.1, -0.05) is 24.3 Å². The van der Waals surface area contributed by atoms with Crippen LogP contribution in [0.4, 0.5) is 0 Å². The number of nitrogens with one attached hydrogen (secondary N) is 1. The van der Waals surface area contributed by atoms with Crippen molar-refractivity contribution < 1.29 is 15.2 Å². The fourth-order valence-electron chi connectivity index (χ4n) is 3.14. The van der Waals surface area contributed by atoms with Crippen LogP contribution in [0.3, 0.4) is 0 Å². The van der Waals surface area contributed by atoms with Gasteiger partial charge in [-0.2, -0.15) is 0 Å². The van der Waals surface area contributed by atoms with Gasteiger partial charge in [0.2, 0.25) is 0 Å². The quantitative estimate of drug-likeness (QED) is 0.730. The normalized spacial score (nSPS) is 12.5. The molecule has 0 fully saturated rings. The predicted octanol–water partition coefficient (Wildman–Crippen LogP) is 3.34. The lowest BCUT2D eigenvalue weighted by Crippen LogP contribution is -2.53. The maximum Gasteiger partial charge on any atom is 0.161 e. The number of quaternary nitrogens is 1. The van der Waals surface area contributed by atoms with Crippen molar-refractivity contribution in [1.82, 2.24) is 4.98 Å². The Labute approximate surface area is 142 Å². The van der Waals surface area contributed by atoms with Crippen LogP contribution in [-0.4, -0.2) is 24.7 Å². The van der Waals surface area contributed by atoms with Gasteiger partial charge < -0.3 is 20.2 Å². The Kier molecular flexibility index (Phi) is 4.76. The number of ether oxygens (including phenoxy) is 2. The third-order valence-corrected chi connectivity index (χ3v) is 4.24. The molecule has 0 amide bonds. The van der Waals surface area contributed by atoms with Crippen molar-refractivity contribution in [2.75, 3.05) is 13.7 Å². The van der Waals surface area contributed by atoms with Crippen molar-refractivity contribution in [2.45, 2.75) is 25.9 Å². The molecule has 0 unspecified atom stereocenters. The number of H-pyrrole nitrogens is 1. The van der Waals surface area contributed by atoms with Crippen LogP contribution in [0.25, 0.3) is 10.9 Å². The molecule has 1 aromatic heterocycles. The Bertz CT molecular complexity index is 823. The maximum atomic E-state index is 5.82. The van der Waals surface area contributed by atoms with Crippen molar-refractivity contribution >= 4 is 10.9 Å². The number of hydrogen-bond acceptors (Lipinski definition) is 2. The molecular formula is C20H25N2O2+. The summed E-state index contributed by atoms with van der Waals surface area (Å²) in [6.07, 6.45) is 2.20. The summed E-state index contributed by atoms with van der Waals surface area (Å²) in [4.78, 5) is 3.36. The highest BCUT2D eigenvalue weighted by atomic mass is 16.5. The molecule has 2 aromatic carbocycles. The molecule has 0 aliphatic rings. The average molecular weight is 325 g/mol. The highest BCUT2D eigenvalue weighted by Crippen LogP contribution is 2.35. The molecule has 0 aliphatic heterocycles. The van der Waals surface area contributed by atoms with Crippen molar-refractivity contribution in [1.29, 1.82) is 0 Å². The summed E-state index contributed by atoms with van der Waals surface area (Å²) >= 11 is 0. The van der Waals surface area contributed by atoms with Crippen molar-refractivity contribution in [3.8, 4) is 11.5 Å². The summed E-state index contributed by atoms with van der Waals surface area (Å²) in [5.74, 6) is 1.75. The van der Waals surface area contributed by atoms with Crippen LogP contribution in [0.2, 0.25) is 0 Å². The smallest absolute Gasteiger partial charge is 0.161 e. The van der Waals surface area contributed by atoms with Crippen molar-refractivity contribution in [3.05, 3.63) is 59.8 Å². The van der Waals surface area contributed by atoms with Gasteiger partial charge in [0.25, 0.3) is 0 Å². The van der Waals surface area contributed by atoms with E-state index in [0.717, 1.165) is 23.6 Å². The predicted molar refractivity (Wildman–Crippen MR) is 96.7 cm³/mol. The molecule has 4 heteroatoms. The van der Waals surface area contributed by atoms with Gasteiger partial charge in [-0.15, -0.1) is 0 Å². The van der Waals surface area contributed by atoms with Crippen molar-refractivity contribution in [3.63, 3.8) is 0 Å². The number of methoxy groups -OCH3 is 1. The monoisotopic (exact) mass is 325 g/mol. The van der Waals surface area contributed by atoms with Gasteiger partial charge in [-0.05, 0) is 43.2 Å². The topological polar surface area (TPSA) is 61.9 Å². The summed E-state index contributed by atoms with van der Waals surface area (Å²) < 4.78 is 11.4. The molecule has 1 heterocycles. The Morgan fingerprint density at radius 2 is 1.88 bits per heavy atom. The van der Waals surface area contributed by atoms with Crippen LogP contribution in [0, 0.1) is 0 Å². The molecule has 0 radical (unpaired) electrons. The largest absolute Gasteiger partial charge is 0.493 e. The third-order valence-electron chi connectivity index (χ3n) is 4.24. The molecule has 4 N–H and O–H groups in total. The highest BCUT2D eigenvalue weighted by molar-refractivity contribution is 5.84. The van der Waals surface area contributed by atoms with Crippen LogP contribution in [0.5, 0.6) is 11.5 Å². The number of para-hydroxylation sites is 1. The summed E-state index contributed by atoms with van der Waals surface area (Å²) in [5.41, 5.74) is 7.76. The number of rotatable bonds is 6. The molecule has 0 saturated carbocycles. The lowest BCUT2D eigenvalue weighted by molar-refractivity contribution is -0.370. The second kappa shape index (κ2) is 6.97. The second-order valence-electron chi connectivity index (χ2n) is 6.21. The van der Waals surface area contributed by atoms with Gasteiger partial charge >= 0.3 is 0 Å². The highest BCUT2D eigenvalue weighted by Gasteiger charge is 2.20. The molecule has 4 nitrogen and oxygen atoms in total. The Hall–Kier alpha value is -2.46. The summed E-state index contributed by atoms with van der Waals surface area (Å²) in [5, 5.41) is 1.24. The first-order valence-corrected chi connectivity index (χ1v) is 8.34. The van der Waals surface area contributed by atoms with Gasteiger partial charge in [-0.3, -0.25) is 0 Å². The number of aromatic amines is 1. The van der Waals surface area contributed by atoms with Gasteiger partial charge in [0.1, 0.15) is 0 Å². The summed E-state index contributed by atoms with van der Waals surface area (Å²) in [6, 6.07) is 14.5. The van der Waals surface area contributed by atoms with E-state index in [0.29, 0.717) is 0 Å². The minimum atomic E-state index is 0.113. The van der Waals surface area contributed by atoms with Gasteiger partial charge in [0.05, 0.1) is 25.7 Å². The zero-order valence-corrected chi connectivity index (χ0v) is 14.5. The minimum absolute atomic E-state index is 0.113. The second-order valence-corrected chi connectivity index (χ2v) is 6.21. The molecule has 0 bridgehead atoms. The Balaban J connectivity index is 2.02. The average Bonchev–Trinajstić information content (AvgIpc) is 3.00. The lowest BCUT2D eigenvalue weighted by atomic mass is 9.91. The van der Waals surface area contributed by atoms with Crippen LogP contribution in [0.1, 0.15) is 30.9 Å². The SMILES string of the molecule is COc1cc([C@@H](C[NH3+])c2c[nH]c3ccccc23)ccc1OC(C)C. The lowest BCUT2D eigenvalue weighted by Gasteiger charge is -2.18. The summed E-state index contributed by atoms with van der Waals surface area (Å²) in [6.45, 7) is 4.80. The molecule has 0 spiro atoms. The van der Waals surface area contributed by atoms with E-state index in [-0.39, 0.29) is 12.0 Å². The van der Waals surface area contributed by atoms with E-state index in [4.69, 9.17) is 9.47 Å². The minimum Gasteiger partial charge on any atom is -0.493 e. The Morgan fingerprint density at radius 3 is 2.58 bits per heavy atom. The third kappa shape index (κ3) is 3.10. The van der Waals surface area contributed by atoms with E-state index in [9.17, 15) is 0 Å². The van der Waals surface area contributed by atoms with Gasteiger partial charge in [-0.25, -0.2) is 0 Å². The molecular weight excluding hydrogens is 300 g/mol. The number of hydrogen-bond donors (Lipinski definition) is 2. The van der Waals surface area contributed by atoms with E-state index < -0.39 is 0 Å². The molecule has 0 saturated heterocycles. The van der Waals surface area contributed by atoms with E-state index >= 15 is 0 Å². The van der Waals surface area contributed by atoms with Crippen LogP contribution in [0.15, 0.2) is 48.7 Å². The van der Waals surface area contributed by atoms with Gasteiger partial charge in [0, 0.05) is 17.1 Å². The van der Waals surface area contributed by atoms with E-state index in [1.165, 1.54) is 16.5 Å². The van der Waals surface area contributed by atoms with Gasteiger partial charge in [0.15, 0.2) is 11.5 Å². The summed E-state index contributed by atoms with van der Waals surface area (Å²) in [7, 11) is 1.68. The molecule has 3 rings (SSSR count). The first-order valence-electron chi connectivity index (χ1n) is 8.34. The Morgan fingerprint density at radius 1 is 1.08 bits per heavy atom. The zero-order valence-electron chi connectivity index (χ0n) is 14.5. The maximum absolute atomic E-state index is 5.82. The van der Waals surface area contributed by atoms with Crippen LogP contribution in [-0.2, 0) is 0 Å². The van der Waals surface area contributed by atoms with E-state index in [1.807, 2.05) is 26.0 Å². The molecule has 3 aromatic rings. The first-order chi connectivity index (χ1) is 11.6. The number of benzene rings is 2. The molecule has 24 heavy (non-hydrogen) atoms. The van der Waals surface area contributed by atoms with E-state index in [1.54, 1.807) is 7.11 Å². The fraction of sp³-hybridized carbons (Fsp3) is 0.300. The van der Waals surface area contributed by atoms with Crippen LogP contribution < -0.4 is 15.2 Å².